The van der Waals surface area contributed by atoms with E-state index in [1.165, 1.54) is 5.69 Å². The predicted octanol–water partition coefficient (Wildman–Crippen LogP) is 3.92. The van der Waals surface area contributed by atoms with Gasteiger partial charge in [0.05, 0.1) is 11.3 Å². The average molecular weight is 443 g/mol. The first-order valence-corrected chi connectivity index (χ1v) is 11.4. The Kier molecular flexibility index (Phi) is 7.25. The van der Waals surface area contributed by atoms with E-state index in [1.807, 2.05) is 89.6 Å². The lowest BCUT2D eigenvalue weighted by Gasteiger charge is -2.36. The zero-order chi connectivity index (χ0) is 23.0. The molecule has 6 heteroatoms. The van der Waals surface area contributed by atoms with Gasteiger partial charge in [-0.05, 0) is 36.4 Å². The van der Waals surface area contributed by atoms with Crippen LogP contribution in [0.1, 0.15) is 16.8 Å². The normalized spacial score (nSPS) is 13.5. The number of nitrogens with one attached hydrogen (secondary N) is 1. The SMILES string of the molecule is CN(c1ccccc1)c1ccccc1C(=O)NCCC(=O)N1CCN(c2ccccc2)CC1. The molecule has 170 valence electrons. The van der Waals surface area contributed by atoms with Gasteiger partial charge in [0.15, 0.2) is 0 Å². The molecule has 0 saturated carbocycles. The molecule has 3 aromatic rings. The highest BCUT2D eigenvalue weighted by molar-refractivity contribution is 6.00. The fourth-order valence-electron chi connectivity index (χ4n) is 4.14. The summed E-state index contributed by atoms with van der Waals surface area (Å²) in [6.07, 6.45) is 0.299. The molecule has 0 aromatic heterocycles. The van der Waals surface area contributed by atoms with Crippen molar-refractivity contribution < 1.29 is 9.59 Å². The van der Waals surface area contributed by atoms with E-state index in [9.17, 15) is 9.59 Å². The van der Waals surface area contributed by atoms with Gasteiger partial charge in [-0.25, -0.2) is 0 Å². The molecule has 1 N–H and O–H groups in total. The smallest absolute Gasteiger partial charge is 0.253 e. The molecule has 1 aliphatic rings. The maximum atomic E-state index is 12.9. The molecule has 6 nitrogen and oxygen atoms in total. The Morgan fingerprint density at radius 3 is 2.12 bits per heavy atom. The molecule has 4 rings (SSSR count). The molecular weight excluding hydrogens is 412 g/mol. The van der Waals surface area contributed by atoms with Crippen molar-refractivity contribution in [3.8, 4) is 0 Å². The number of piperazine rings is 1. The molecule has 2 amide bonds. The van der Waals surface area contributed by atoms with Crippen LogP contribution in [0.5, 0.6) is 0 Å². The molecule has 0 spiro atoms. The van der Waals surface area contributed by atoms with Gasteiger partial charge in [-0.1, -0.05) is 48.5 Å². The summed E-state index contributed by atoms with van der Waals surface area (Å²) < 4.78 is 0. The van der Waals surface area contributed by atoms with E-state index in [4.69, 9.17) is 0 Å². The molecule has 1 heterocycles. The molecule has 0 unspecified atom stereocenters. The van der Waals surface area contributed by atoms with Gasteiger partial charge in [-0.2, -0.15) is 0 Å². The maximum Gasteiger partial charge on any atom is 0.253 e. The lowest BCUT2D eigenvalue weighted by Crippen LogP contribution is -2.49. The Bertz CT molecular complexity index is 1060. The molecular formula is C27H30N4O2. The highest BCUT2D eigenvalue weighted by Crippen LogP contribution is 2.26. The van der Waals surface area contributed by atoms with Gasteiger partial charge in [0.2, 0.25) is 5.91 Å². The maximum absolute atomic E-state index is 12.9. The van der Waals surface area contributed by atoms with Gasteiger partial charge in [0, 0.05) is 57.6 Å². The lowest BCUT2D eigenvalue weighted by molar-refractivity contribution is -0.131. The van der Waals surface area contributed by atoms with E-state index in [0.717, 1.165) is 24.5 Å². The first-order valence-electron chi connectivity index (χ1n) is 11.4. The van der Waals surface area contributed by atoms with Crippen LogP contribution >= 0.6 is 0 Å². The number of hydrogen-bond acceptors (Lipinski definition) is 4. The Balaban J connectivity index is 1.28. The van der Waals surface area contributed by atoms with Crippen LogP contribution in [0.25, 0.3) is 0 Å². The third-order valence-electron chi connectivity index (χ3n) is 6.03. The van der Waals surface area contributed by atoms with Crippen molar-refractivity contribution in [2.45, 2.75) is 6.42 Å². The highest BCUT2D eigenvalue weighted by Gasteiger charge is 2.21. The average Bonchev–Trinajstić information content (AvgIpc) is 2.89. The first kappa shape index (κ1) is 22.4. The van der Waals surface area contributed by atoms with Crippen molar-refractivity contribution in [1.82, 2.24) is 10.2 Å². The minimum Gasteiger partial charge on any atom is -0.368 e. The van der Waals surface area contributed by atoms with Crippen molar-refractivity contribution in [3.63, 3.8) is 0 Å². The molecule has 1 aliphatic heterocycles. The second-order valence-electron chi connectivity index (χ2n) is 8.12. The van der Waals surface area contributed by atoms with Crippen molar-refractivity contribution in [2.24, 2.45) is 0 Å². The largest absolute Gasteiger partial charge is 0.368 e. The van der Waals surface area contributed by atoms with Gasteiger partial charge in [-0.3, -0.25) is 9.59 Å². The van der Waals surface area contributed by atoms with Crippen LogP contribution in [0.15, 0.2) is 84.9 Å². The summed E-state index contributed by atoms with van der Waals surface area (Å²) in [6.45, 7) is 3.36. The minimum atomic E-state index is -0.171. The number of nitrogens with zero attached hydrogens (tertiary/aromatic N) is 3. The minimum absolute atomic E-state index is 0.0812. The van der Waals surface area contributed by atoms with Crippen molar-refractivity contribution in [3.05, 3.63) is 90.5 Å². The molecule has 0 bridgehead atoms. The fraction of sp³-hybridized carbons (Fsp3) is 0.259. The van der Waals surface area contributed by atoms with Gasteiger partial charge in [0.1, 0.15) is 0 Å². The Labute approximate surface area is 195 Å². The standard InChI is InChI=1S/C27H30N4O2/c1-29(22-10-4-2-5-11-22)25-15-9-8-14-24(25)27(33)28-17-16-26(32)31-20-18-30(19-21-31)23-12-6-3-7-13-23/h2-15H,16-21H2,1H3,(H,28,33). The number of amides is 2. The van der Waals surface area contributed by atoms with Crippen molar-refractivity contribution in [1.29, 1.82) is 0 Å². The summed E-state index contributed by atoms with van der Waals surface area (Å²) >= 11 is 0. The molecule has 1 fully saturated rings. The lowest BCUT2D eigenvalue weighted by atomic mass is 10.1. The monoisotopic (exact) mass is 442 g/mol. The molecule has 3 aromatic carbocycles. The molecule has 0 radical (unpaired) electrons. The van der Waals surface area contributed by atoms with Crippen LogP contribution in [0.2, 0.25) is 0 Å². The van der Waals surface area contributed by atoms with Gasteiger partial charge in [0.25, 0.3) is 5.91 Å². The summed E-state index contributed by atoms with van der Waals surface area (Å²) in [7, 11) is 1.94. The van der Waals surface area contributed by atoms with Crippen LogP contribution in [-0.2, 0) is 4.79 Å². The molecule has 33 heavy (non-hydrogen) atoms. The Morgan fingerprint density at radius 2 is 1.42 bits per heavy atom. The number of para-hydroxylation sites is 3. The number of rotatable bonds is 7. The second kappa shape index (κ2) is 10.7. The van der Waals surface area contributed by atoms with Crippen LogP contribution in [-0.4, -0.2) is 56.5 Å². The van der Waals surface area contributed by atoms with E-state index in [0.29, 0.717) is 31.6 Å². The molecule has 1 saturated heterocycles. The van der Waals surface area contributed by atoms with Crippen LogP contribution in [0.4, 0.5) is 17.1 Å². The summed E-state index contributed by atoms with van der Waals surface area (Å²) in [6, 6.07) is 27.7. The number of benzene rings is 3. The Morgan fingerprint density at radius 1 is 0.818 bits per heavy atom. The van der Waals surface area contributed by atoms with Crippen molar-refractivity contribution >= 4 is 28.9 Å². The van der Waals surface area contributed by atoms with Crippen LogP contribution in [0, 0.1) is 0 Å². The van der Waals surface area contributed by atoms with E-state index < -0.39 is 0 Å². The number of carbonyl (C=O) groups is 2. The van der Waals surface area contributed by atoms with Crippen LogP contribution < -0.4 is 15.1 Å². The fourth-order valence-corrected chi connectivity index (χ4v) is 4.14. The summed E-state index contributed by atoms with van der Waals surface area (Å²) in [5, 5.41) is 2.93. The summed E-state index contributed by atoms with van der Waals surface area (Å²) in [4.78, 5) is 31.7. The van der Waals surface area contributed by atoms with E-state index in [1.54, 1.807) is 0 Å². The second-order valence-corrected chi connectivity index (χ2v) is 8.12. The zero-order valence-corrected chi connectivity index (χ0v) is 19.0. The van der Waals surface area contributed by atoms with Crippen LogP contribution in [0.3, 0.4) is 0 Å². The third kappa shape index (κ3) is 5.52. The predicted molar refractivity (Wildman–Crippen MR) is 133 cm³/mol. The third-order valence-corrected chi connectivity index (χ3v) is 6.03. The number of anilines is 3. The number of hydrogen-bond donors (Lipinski definition) is 1. The summed E-state index contributed by atoms with van der Waals surface area (Å²) in [5.74, 6) is -0.0900. The molecule has 0 atom stereocenters. The van der Waals surface area contributed by atoms with Crippen molar-refractivity contribution in [2.75, 3.05) is 49.6 Å². The topological polar surface area (TPSA) is 55.9 Å². The zero-order valence-electron chi connectivity index (χ0n) is 19.0. The highest BCUT2D eigenvalue weighted by atomic mass is 16.2. The van der Waals surface area contributed by atoms with E-state index >= 15 is 0 Å². The van der Waals surface area contributed by atoms with Gasteiger partial charge < -0.3 is 20.0 Å². The summed E-state index contributed by atoms with van der Waals surface area (Å²) in [5.41, 5.74) is 3.61. The van der Waals surface area contributed by atoms with Gasteiger partial charge >= 0.3 is 0 Å². The first-order chi connectivity index (χ1) is 16.1. The molecule has 0 aliphatic carbocycles. The number of carbonyl (C=O) groups excluding carboxylic acids is 2. The van der Waals surface area contributed by atoms with E-state index in [-0.39, 0.29) is 11.8 Å². The van der Waals surface area contributed by atoms with E-state index in [2.05, 4.69) is 22.3 Å². The Hall–Kier alpha value is -3.80. The quantitative estimate of drug-likeness (QED) is 0.603. The van der Waals surface area contributed by atoms with Gasteiger partial charge in [-0.15, -0.1) is 0 Å².